The van der Waals surface area contributed by atoms with E-state index in [4.69, 9.17) is 9.84 Å². The van der Waals surface area contributed by atoms with Crippen LogP contribution in [0.5, 0.6) is 5.75 Å². The van der Waals surface area contributed by atoms with Gasteiger partial charge in [-0.2, -0.15) is 0 Å². The summed E-state index contributed by atoms with van der Waals surface area (Å²) in [5, 5.41) is 9.16. The van der Waals surface area contributed by atoms with Crippen molar-refractivity contribution in [2.75, 3.05) is 25.1 Å². The molecule has 6 heteroatoms. The number of pyridine rings is 1. The van der Waals surface area contributed by atoms with Crippen LogP contribution in [0.4, 0.5) is 5.69 Å². The van der Waals surface area contributed by atoms with E-state index < -0.39 is 11.5 Å². The van der Waals surface area contributed by atoms with Crippen molar-refractivity contribution in [3.8, 4) is 17.0 Å². The van der Waals surface area contributed by atoms with E-state index in [-0.39, 0.29) is 5.56 Å². The highest BCUT2D eigenvalue weighted by atomic mass is 16.5. The van der Waals surface area contributed by atoms with Gasteiger partial charge in [0.05, 0.1) is 12.8 Å². The van der Waals surface area contributed by atoms with E-state index in [1.807, 2.05) is 25.1 Å². The van der Waals surface area contributed by atoms with Crippen molar-refractivity contribution in [2.24, 2.45) is 0 Å². The van der Waals surface area contributed by atoms with Crippen LogP contribution in [0.3, 0.4) is 0 Å². The minimum Gasteiger partial charge on any atom is -0.496 e. The SMILES string of the molecule is CCc1cc(C(=O)O)c(=O)[nH]c1-c1ccc(N2CCCC2)cc1OC. The van der Waals surface area contributed by atoms with Gasteiger partial charge < -0.3 is 19.7 Å². The van der Waals surface area contributed by atoms with Crippen molar-refractivity contribution in [3.63, 3.8) is 0 Å². The number of rotatable bonds is 5. The highest BCUT2D eigenvalue weighted by molar-refractivity contribution is 5.88. The van der Waals surface area contributed by atoms with Crippen molar-refractivity contribution < 1.29 is 14.6 Å². The Labute approximate surface area is 146 Å². The van der Waals surface area contributed by atoms with E-state index in [1.54, 1.807) is 7.11 Å². The van der Waals surface area contributed by atoms with E-state index in [0.29, 0.717) is 17.9 Å². The maximum absolute atomic E-state index is 12.1. The number of H-pyrrole nitrogens is 1. The molecule has 0 bridgehead atoms. The van der Waals surface area contributed by atoms with Gasteiger partial charge >= 0.3 is 5.97 Å². The lowest BCUT2D eigenvalue weighted by Crippen LogP contribution is -2.19. The van der Waals surface area contributed by atoms with Crippen LogP contribution < -0.4 is 15.2 Å². The van der Waals surface area contributed by atoms with Gasteiger partial charge in [-0.05, 0) is 43.0 Å². The lowest BCUT2D eigenvalue weighted by molar-refractivity contribution is 0.0695. The standard InChI is InChI=1S/C19H22N2O4/c1-3-12-10-15(19(23)24)18(22)20-17(12)14-7-6-13(11-16(14)25-2)21-8-4-5-9-21/h6-7,10-11H,3-5,8-9H2,1-2H3,(H,20,22)(H,23,24). The zero-order chi connectivity index (χ0) is 18.0. The summed E-state index contributed by atoms with van der Waals surface area (Å²) in [5.41, 5.74) is 2.39. The number of carboxylic acids is 1. The van der Waals surface area contributed by atoms with E-state index in [9.17, 15) is 9.59 Å². The van der Waals surface area contributed by atoms with Crippen LogP contribution in [0, 0.1) is 0 Å². The molecule has 2 N–H and O–H groups in total. The average Bonchev–Trinajstić information content (AvgIpc) is 3.15. The molecular weight excluding hydrogens is 320 g/mol. The van der Waals surface area contributed by atoms with Crippen LogP contribution in [0.25, 0.3) is 11.3 Å². The molecule has 2 heterocycles. The Bertz CT molecular complexity index is 851. The highest BCUT2D eigenvalue weighted by Gasteiger charge is 2.19. The number of aromatic nitrogens is 1. The first-order chi connectivity index (χ1) is 12.0. The van der Waals surface area contributed by atoms with Crippen molar-refractivity contribution in [2.45, 2.75) is 26.2 Å². The van der Waals surface area contributed by atoms with Gasteiger partial charge in [-0.1, -0.05) is 6.92 Å². The number of nitrogens with one attached hydrogen (secondary N) is 1. The number of aromatic carboxylic acids is 1. The molecular formula is C19H22N2O4. The van der Waals surface area contributed by atoms with Crippen LogP contribution >= 0.6 is 0 Å². The summed E-state index contributed by atoms with van der Waals surface area (Å²) in [6.07, 6.45) is 2.98. The molecule has 0 saturated carbocycles. The molecule has 0 atom stereocenters. The maximum atomic E-state index is 12.1. The van der Waals surface area contributed by atoms with Gasteiger partial charge in [-0.15, -0.1) is 0 Å². The summed E-state index contributed by atoms with van der Waals surface area (Å²) in [6, 6.07) is 7.37. The number of carboxylic acid groups (broad SMARTS) is 1. The zero-order valence-corrected chi connectivity index (χ0v) is 14.5. The molecule has 0 amide bonds. The number of carbonyl (C=O) groups is 1. The Morgan fingerprint density at radius 1 is 1.28 bits per heavy atom. The number of ether oxygens (including phenoxy) is 1. The molecule has 1 aromatic carbocycles. The molecule has 132 valence electrons. The minimum atomic E-state index is -1.22. The van der Waals surface area contributed by atoms with Crippen LogP contribution in [-0.4, -0.2) is 36.3 Å². The van der Waals surface area contributed by atoms with Crippen molar-refractivity contribution in [1.82, 2.24) is 4.98 Å². The number of methoxy groups -OCH3 is 1. The third-order valence-electron chi connectivity index (χ3n) is 4.66. The molecule has 0 radical (unpaired) electrons. The summed E-state index contributed by atoms with van der Waals surface area (Å²) < 4.78 is 5.55. The zero-order valence-electron chi connectivity index (χ0n) is 14.5. The fourth-order valence-corrected chi connectivity index (χ4v) is 3.31. The number of nitrogens with zero attached hydrogens (tertiary/aromatic N) is 1. The van der Waals surface area contributed by atoms with Crippen LogP contribution in [0.1, 0.15) is 35.7 Å². The summed E-state index contributed by atoms with van der Waals surface area (Å²) >= 11 is 0. The first-order valence-corrected chi connectivity index (χ1v) is 8.48. The van der Waals surface area contributed by atoms with E-state index in [1.165, 1.54) is 18.9 Å². The molecule has 1 fully saturated rings. The van der Waals surface area contributed by atoms with Gasteiger partial charge in [0.1, 0.15) is 11.3 Å². The van der Waals surface area contributed by atoms with Gasteiger partial charge in [0.2, 0.25) is 0 Å². The summed E-state index contributed by atoms with van der Waals surface area (Å²) in [4.78, 5) is 28.4. The molecule has 6 nitrogen and oxygen atoms in total. The highest BCUT2D eigenvalue weighted by Crippen LogP contribution is 2.35. The Morgan fingerprint density at radius 2 is 2.00 bits per heavy atom. The third-order valence-corrected chi connectivity index (χ3v) is 4.66. The minimum absolute atomic E-state index is 0.242. The lowest BCUT2D eigenvalue weighted by atomic mass is 10.0. The van der Waals surface area contributed by atoms with Gasteiger partial charge in [0, 0.05) is 30.4 Å². The smallest absolute Gasteiger partial charge is 0.341 e. The van der Waals surface area contributed by atoms with Crippen LogP contribution in [0.15, 0.2) is 29.1 Å². The predicted molar refractivity (Wildman–Crippen MR) is 96.8 cm³/mol. The first kappa shape index (κ1) is 17.1. The van der Waals surface area contributed by atoms with Crippen molar-refractivity contribution in [1.29, 1.82) is 0 Å². The van der Waals surface area contributed by atoms with E-state index >= 15 is 0 Å². The maximum Gasteiger partial charge on any atom is 0.341 e. The lowest BCUT2D eigenvalue weighted by Gasteiger charge is -2.20. The first-order valence-electron chi connectivity index (χ1n) is 8.48. The fourth-order valence-electron chi connectivity index (χ4n) is 3.31. The molecule has 1 aliphatic rings. The number of hydrogen-bond donors (Lipinski definition) is 2. The summed E-state index contributed by atoms with van der Waals surface area (Å²) in [5.74, 6) is -0.559. The third kappa shape index (κ3) is 3.24. The number of benzene rings is 1. The second-order valence-corrected chi connectivity index (χ2v) is 6.15. The number of hydrogen-bond acceptors (Lipinski definition) is 4. The van der Waals surface area contributed by atoms with Gasteiger partial charge in [-0.25, -0.2) is 4.79 Å². The Morgan fingerprint density at radius 3 is 2.60 bits per heavy atom. The molecule has 1 saturated heterocycles. The summed E-state index contributed by atoms with van der Waals surface area (Å²) in [7, 11) is 1.60. The van der Waals surface area contributed by atoms with Gasteiger partial charge in [0.25, 0.3) is 5.56 Å². The molecule has 25 heavy (non-hydrogen) atoms. The predicted octanol–water partition coefficient (Wildman–Crippen LogP) is 2.91. The molecule has 3 rings (SSSR count). The summed E-state index contributed by atoms with van der Waals surface area (Å²) in [6.45, 7) is 3.99. The molecule has 0 spiro atoms. The monoisotopic (exact) mass is 342 g/mol. The van der Waals surface area contributed by atoms with Crippen LogP contribution in [-0.2, 0) is 6.42 Å². The van der Waals surface area contributed by atoms with E-state index in [0.717, 1.165) is 29.9 Å². The van der Waals surface area contributed by atoms with Gasteiger partial charge in [0.15, 0.2) is 0 Å². The molecule has 0 aliphatic carbocycles. The second-order valence-electron chi connectivity index (χ2n) is 6.15. The molecule has 2 aromatic rings. The largest absolute Gasteiger partial charge is 0.496 e. The van der Waals surface area contributed by atoms with Crippen LogP contribution in [0.2, 0.25) is 0 Å². The molecule has 1 aromatic heterocycles. The number of aryl methyl sites for hydroxylation is 1. The molecule has 1 aliphatic heterocycles. The Hall–Kier alpha value is -2.76. The van der Waals surface area contributed by atoms with Crippen molar-refractivity contribution >= 4 is 11.7 Å². The molecule has 0 unspecified atom stereocenters. The number of aromatic amines is 1. The average molecular weight is 342 g/mol. The fraction of sp³-hybridized carbons (Fsp3) is 0.368. The van der Waals surface area contributed by atoms with Gasteiger partial charge in [-0.3, -0.25) is 4.79 Å². The Balaban J connectivity index is 2.10. The normalized spacial score (nSPS) is 13.9. The van der Waals surface area contributed by atoms with E-state index in [2.05, 4.69) is 9.88 Å². The topological polar surface area (TPSA) is 82.6 Å². The Kier molecular flexibility index (Phi) is 4.79. The second kappa shape index (κ2) is 7.01. The quantitative estimate of drug-likeness (QED) is 0.873. The van der Waals surface area contributed by atoms with Crippen molar-refractivity contribution in [3.05, 3.63) is 45.7 Å². The number of anilines is 1.